The van der Waals surface area contributed by atoms with E-state index in [9.17, 15) is 4.79 Å². The predicted octanol–water partition coefficient (Wildman–Crippen LogP) is 2.15. The number of halogens is 1. The second-order valence-corrected chi connectivity index (χ2v) is 3.09. The van der Waals surface area contributed by atoms with Gasteiger partial charge in [-0.3, -0.25) is 4.79 Å². The number of alkyl halides is 1. The van der Waals surface area contributed by atoms with E-state index in [2.05, 4.69) is 22.6 Å². The van der Waals surface area contributed by atoms with E-state index < -0.39 is 0 Å². The third kappa shape index (κ3) is 6.32. The Labute approximate surface area is 75.5 Å². The van der Waals surface area contributed by atoms with Crippen LogP contribution in [0.5, 0.6) is 0 Å². The lowest BCUT2D eigenvalue weighted by molar-refractivity contribution is -0.143. The fourth-order valence-corrected chi connectivity index (χ4v) is 0.828. The molecular weight excluding hydrogens is 243 g/mol. The largest absolute Gasteiger partial charge is 0.466 e. The molecule has 0 atom stereocenters. The second-order valence-electron chi connectivity index (χ2n) is 2.01. The summed E-state index contributed by atoms with van der Waals surface area (Å²) in [6.45, 7) is 2.56. The molecule has 0 rings (SSSR count). The SMILES string of the molecule is CCCC(=O)OCCCI. The Bertz CT molecular complexity index is 93.6. The van der Waals surface area contributed by atoms with Gasteiger partial charge >= 0.3 is 5.97 Å². The standard InChI is InChI=1S/C7H13IO2/c1-2-4-7(9)10-6-3-5-8/h2-6H2,1H3. The van der Waals surface area contributed by atoms with Crippen LogP contribution >= 0.6 is 22.6 Å². The van der Waals surface area contributed by atoms with E-state index in [1.807, 2.05) is 6.92 Å². The molecule has 0 aliphatic carbocycles. The van der Waals surface area contributed by atoms with Gasteiger partial charge in [0.1, 0.15) is 0 Å². The number of esters is 1. The van der Waals surface area contributed by atoms with Crippen LogP contribution in [0.3, 0.4) is 0 Å². The van der Waals surface area contributed by atoms with Gasteiger partial charge in [0.15, 0.2) is 0 Å². The lowest BCUT2D eigenvalue weighted by Crippen LogP contribution is -2.04. The minimum absolute atomic E-state index is 0.0626. The topological polar surface area (TPSA) is 26.3 Å². The molecule has 0 aromatic heterocycles. The highest BCUT2D eigenvalue weighted by molar-refractivity contribution is 14.1. The minimum Gasteiger partial charge on any atom is -0.466 e. The summed E-state index contributed by atoms with van der Waals surface area (Å²) in [5, 5.41) is 0. The van der Waals surface area contributed by atoms with Crippen molar-refractivity contribution in [1.29, 1.82) is 0 Å². The lowest BCUT2D eigenvalue weighted by Gasteiger charge is -2.00. The second kappa shape index (κ2) is 7.31. The van der Waals surface area contributed by atoms with Crippen LogP contribution in [0.15, 0.2) is 0 Å². The summed E-state index contributed by atoms with van der Waals surface area (Å²) >= 11 is 2.26. The Morgan fingerprint density at radius 3 is 2.80 bits per heavy atom. The van der Waals surface area contributed by atoms with E-state index >= 15 is 0 Å². The van der Waals surface area contributed by atoms with Crippen LogP contribution < -0.4 is 0 Å². The molecule has 0 aliphatic rings. The number of carbonyl (C=O) groups excluding carboxylic acids is 1. The lowest BCUT2D eigenvalue weighted by atomic mass is 10.3. The van der Waals surface area contributed by atoms with Crippen LogP contribution in [-0.4, -0.2) is 17.0 Å². The van der Waals surface area contributed by atoms with Crippen molar-refractivity contribution in [2.75, 3.05) is 11.0 Å². The molecule has 0 amide bonds. The summed E-state index contributed by atoms with van der Waals surface area (Å²) < 4.78 is 5.93. The number of hydrogen-bond acceptors (Lipinski definition) is 2. The average molecular weight is 256 g/mol. The highest BCUT2D eigenvalue weighted by Gasteiger charge is 1.97. The number of carbonyl (C=O) groups is 1. The molecule has 0 bridgehead atoms. The fraction of sp³-hybridized carbons (Fsp3) is 0.857. The van der Waals surface area contributed by atoms with Crippen molar-refractivity contribution >= 4 is 28.6 Å². The molecular formula is C7H13IO2. The fourth-order valence-electron chi connectivity index (χ4n) is 0.517. The first-order valence-corrected chi connectivity index (χ1v) is 5.05. The summed E-state index contributed by atoms with van der Waals surface area (Å²) in [6, 6.07) is 0. The normalized spacial score (nSPS) is 9.40. The highest BCUT2D eigenvalue weighted by atomic mass is 127. The Kier molecular flexibility index (Phi) is 7.45. The Morgan fingerprint density at radius 1 is 1.60 bits per heavy atom. The molecule has 2 nitrogen and oxygen atoms in total. The van der Waals surface area contributed by atoms with Crippen molar-refractivity contribution in [3.8, 4) is 0 Å². The van der Waals surface area contributed by atoms with Gasteiger partial charge in [-0.25, -0.2) is 0 Å². The highest BCUT2D eigenvalue weighted by Crippen LogP contribution is 1.94. The summed E-state index contributed by atoms with van der Waals surface area (Å²) in [5.41, 5.74) is 0. The molecule has 0 N–H and O–H groups in total. The monoisotopic (exact) mass is 256 g/mol. The predicted molar refractivity (Wildman–Crippen MR) is 49.4 cm³/mol. The van der Waals surface area contributed by atoms with E-state index in [0.717, 1.165) is 17.3 Å². The van der Waals surface area contributed by atoms with Gasteiger partial charge in [-0.05, 0) is 12.8 Å². The molecule has 0 aliphatic heterocycles. The van der Waals surface area contributed by atoms with Crippen LogP contribution in [0.4, 0.5) is 0 Å². The smallest absolute Gasteiger partial charge is 0.305 e. The Balaban J connectivity index is 3.05. The molecule has 0 radical (unpaired) electrons. The molecule has 0 fully saturated rings. The maximum atomic E-state index is 10.7. The number of ether oxygens (including phenoxy) is 1. The Morgan fingerprint density at radius 2 is 2.30 bits per heavy atom. The molecule has 10 heavy (non-hydrogen) atoms. The molecule has 0 spiro atoms. The van der Waals surface area contributed by atoms with E-state index in [1.54, 1.807) is 0 Å². The van der Waals surface area contributed by atoms with Crippen molar-refractivity contribution in [3.05, 3.63) is 0 Å². The molecule has 3 heteroatoms. The summed E-state index contributed by atoms with van der Waals surface area (Å²) in [7, 11) is 0. The molecule has 0 unspecified atom stereocenters. The van der Waals surface area contributed by atoms with Gasteiger partial charge in [-0.2, -0.15) is 0 Å². The van der Waals surface area contributed by atoms with Crippen LogP contribution in [0.25, 0.3) is 0 Å². The van der Waals surface area contributed by atoms with Crippen LogP contribution in [0.2, 0.25) is 0 Å². The number of hydrogen-bond donors (Lipinski definition) is 0. The maximum Gasteiger partial charge on any atom is 0.305 e. The minimum atomic E-state index is -0.0626. The van der Waals surface area contributed by atoms with Gasteiger partial charge in [0, 0.05) is 10.8 Å². The third-order valence-electron chi connectivity index (χ3n) is 0.995. The van der Waals surface area contributed by atoms with Gasteiger partial charge < -0.3 is 4.74 Å². The molecule has 0 saturated carbocycles. The maximum absolute atomic E-state index is 10.7. The van der Waals surface area contributed by atoms with Gasteiger partial charge in [0.05, 0.1) is 6.61 Å². The third-order valence-corrected chi connectivity index (χ3v) is 1.76. The van der Waals surface area contributed by atoms with Crippen molar-refractivity contribution < 1.29 is 9.53 Å². The van der Waals surface area contributed by atoms with E-state index in [1.165, 1.54) is 0 Å². The first-order chi connectivity index (χ1) is 4.81. The molecule has 0 aromatic rings. The summed E-state index contributed by atoms with van der Waals surface area (Å²) in [4.78, 5) is 10.7. The van der Waals surface area contributed by atoms with Gasteiger partial charge in [0.2, 0.25) is 0 Å². The van der Waals surface area contributed by atoms with Crippen molar-refractivity contribution in [2.45, 2.75) is 26.2 Å². The molecule has 0 aromatic carbocycles. The summed E-state index contributed by atoms with van der Waals surface area (Å²) in [5.74, 6) is -0.0626. The van der Waals surface area contributed by atoms with E-state index in [-0.39, 0.29) is 5.97 Å². The Hall–Kier alpha value is 0.200. The van der Waals surface area contributed by atoms with Crippen LogP contribution in [0.1, 0.15) is 26.2 Å². The van der Waals surface area contributed by atoms with Gasteiger partial charge in [0.25, 0.3) is 0 Å². The zero-order chi connectivity index (χ0) is 7.82. The van der Waals surface area contributed by atoms with Crippen molar-refractivity contribution in [3.63, 3.8) is 0 Å². The first kappa shape index (κ1) is 10.2. The van der Waals surface area contributed by atoms with Crippen LogP contribution in [-0.2, 0) is 9.53 Å². The molecule has 0 heterocycles. The van der Waals surface area contributed by atoms with Crippen molar-refractivity contribution in [2.24, 2.45) is 0 Å². The summed E-state index contributed by atoms with van der Waals surface area (Å²) in [6.07, 6.45) is 2.40. The van der Waals surface area contributed by atoms with Crippen LogP contribution in [0, 0.1) is 0 Å². The van der Waals surface area contributed by atoms with Gasteiger partial charge in [-0.15, -0.1) is 0 Å². The van der Waals surface area contributed by atoms with Gasteiger partial charge in [-0.1, -0.05) is 29.5 Å². The van der Waals surface area contributed by atoms with Crippen molar-refractivity contribution in [1.82, 2.24) is 0 Å². The van der Waals surface area contributed by atoms with E-state index in [0.29, 0.717) is 13.0 Å². The molecule has 60 valence electrons. The zero-order valence-electron chi connectivity index (χ0n) is 6.23. The number of rotatable bonds is 5. The zero-order valence-corrected chi connectivity index (χ0v) is 8.39. The average Bonchev–Trinajstić information content (AvgIpc) is 1.89. The van der Waals surface area contributed by atoms with E-state index in [4.69, 9.17) is 4.74 Å². The molecule has 0 saturated heterocycles. The quantitative estimate of drug-likeness (QED) is 0.326. The first-order valence-electron chi connectivity index (χ1n) is 3.52.